The lowest BCUT2D eigenvalue weighted by atomic mass is 9.93. The van der Waals surface area contributed by atoms with Crippen LogP contribution in [0.4, 0.5) is 0 Å². The van der Waals surface area contributed by atoms with E-state index < -0.39 is 6.29 Å². The topological polar surface area (TPSA) is 44.8 Å². The molecule has 0 radical (unpaired) electrons. The molecule has 3 atom stereocenters. The van der Waals surface area contributed by atoms with Crippen molar-refractivity contribution in [3.63, 3.8) is 0 Å². The lowest BCUT2D eigenvalue weighted by Crippen LogP contribution is -2.31. The van der Waals surface area contributed by atoms with Gasteiger partial charge in [-0.15, -0.1) is 0 Å². The van der Waals surface area contributed by atoms with Gasteiger partial charge in [-0.25, -0.2) is 4.79 Å². The molecule has 72 valence electrons. The average molecular weight is 184 g/mol. The Morgan fingerprint density at radius 2 is 2.38 bits per heavy atom. The highest BCUT2D eigenvalue weighted by atomic mass is 16.7. The lowest BCUT2D eigenvalue weighted by molar-refractivity contribution is -0.173. The van der Waals surface area contributed by atoms with E-state index in [1.807, 2.05) is 0 Å². The van der Waals surface area contributed by atoms with Gasteiger partial charge in [0.25, 0.3) is 0 Å². The number of esters is 1. The number of carbonyl (C=O) groups is 1. The van der Waals surface area contributed by atoms with E-state index in [0.717, 1.165) is 0 Å². The molecule has 0 N–H and O–H groups in total. The van der Waals surface area contributed by atoms with E-state index in [4.69, 9.17) is 14.2 Å². The minimum absolute atomic E-state index is 0.0719. The number of methoxy groups -OCH3 is 1. The van der Waals surface area contributed by atoms with Crippen LogP contribution in [0.2, 0.25) is 0 Å². The summed E-state index contributed by atoms with van der Waals surface area (Å²) in [7, 11) is 1.56. The summed E-state index contributed by atoms with van der Waals surface area (Å²) >= 11 is 0. The normalized spacial score (nSPS) is 37.8. The SMILES string of the molecule is COC1=CC(=O)O[C@@H]2OC[C@@H](C)[C@H]12. The first-order valence-electron chi connectivity index (χ1n) is 4.30. The van der Waals surface area contributed by atoms with E-state index in [-0.39, 0.29) is 11.9 Å². The molecule has 0 unspecified atom stereocenters. The molecule has 2 aliphatic heterocycles. The summed E-state index contributed by atoms with van der Waals surface area (Å²) in [6, 6.07) is 0. The van der Waals surface area contributed by atoms with Crippen LogP contribution in [0.1, 0.15) is 6.92 Å². The Hall–Kier alpha value is -1.03. The molecular weight excluding hydrogens is 172 g/mol. The van der Waals surface area contributed by atoms with Crippen molar-refractivity contribution >= 4 is 5.97 Å². The summed E-state index contributed by atoms with van der Waals surface area (Å²) in [6.45, 7) is 2.67. The van der Waals surface area contributed by atoms with Gasteiger partial charge in [-0.2, -0.15) is 0 Å². The molecule has 1 fully saturated rings. The molecule has 0 aromatic heterocycles. The van der Waals surface area contributed by atoms with Crippen LogP contribution in [0, 0.1) is 11.8 Å². The fourth-order valence-corrected chi connectivity index (χ4v) is 1.80. The van der Waals surface area contributed by atoms with Crippen LogP contribution in [-0.4, -0.2) is 26.0 Å². The second kappa shape index (κ2) is 3.03. The predicted octanol–water partition coefficient (Wildman–Crippen LogP) is 0.682. The zero-order valence-corrected chi connectivity index (χ0v) is 7.65. The molecule has 0 aliphatic carbocycles. The summed E-state index contributed by atoms with van der Waals surface area (Å²) in [6.07, 6.45) is 0.953. The van der Waals surface area contributed by atoms with Crippen LogP contribution < -0.4 is 0 Å². The van der Waals surface area contributed by atoms with Crippen molar-refractivity contribution in [2.45, 2.75) is 13.2 Å². The Bertz CT molecular complexity index is 258. The van der Waals surface area contributed by atoms with Crippen molar-refractivity contribution in [2.75, 3.05) is 13.7 Å². The summed E-state index contributed by atoms with van der Waals surface area (Å²) in [5.74, 6) is 0.699. The molecule has 0 bridgehead atoms. The smallest absolute Gasteiger partial charge is 0.336 e. The van der Waals surface area contributed by atoms with E-state index in [2.05, 4.69) is 6.92 Å². The van der Waals surface area contributed by atoms with Gasteiger partial charge in [0, 0.05) is 0 Å². The van der Waals surface area contributed by atoms with Crippen molar-refractivity contribution in [3.05, 3.63) is 11.8 Å². The maximum absolute atomic E-state index is 11.0. The average Bonchev–Trinajstić information content (AvgIpc) is 2.46. The monoisotopic (exact) mass is 184 g/mol. The number of fused-ring (bicyclic) bond motifs is 1. The minimum atomic E-state index is -0.442. The first-order chi connectivity index (χ1) is 6.22. The molecule has 2 aliphatic rings. The van der Waals surface area contributed by atoms with Crippen molar-refractivity contribution in [1.82, 2.24) is 0 Å². The molecule has 0 aromatic rings. The number of carbonyl (C=O) groups excluding carboxylic acids is 1. The van der Waals surface area contributed by atoms with Gasteiger partial charge in [-0.05, 0) is 5.92 Å². The predicted molar refractivity (Wildman–Crippen MR) is 43.6 cm³/mol. The van der Waals surface area contributed by atoms with Gasteiger partial charge in [0.1, 0.15) is 5.76 Å². The zero-order valence-electron chi connectivity index (χ0n) is 7.65. The quantitative estimate of drug-likeness (QED) is 0.562. The van der Waals surface area contributed by atoms with E-state index in [0.29, 0.717) is 18.3 Å². The van der Waals surface area contributed by atoms with Crippen molar-refractivity contribution in [3.8, 4) is 0 Å². The highest BCUT2D eigenvalue weighted by molar-refractivity contribution is 5.83. The van der Waals surface area contributed by atoms with E-state index >= 15 is 0 Å². The third-order valence-electron chi connectivity index (χ3n) is 2.49. The van der Waals surface area contributed by atoms with Gasteiger partial charge in [-0.3, -0.25) is 0 Å². The van der Waals surface area contributed by atoms with Gasteiger partial charge in [0.15, 0.2) is 0 Å². The maximum atomic E-state index is 11.0. The van der Waals surface area contributed by atoms with Crippen LogP contribution in [0.5, 0.6) is 0 Å². The van der Waals surface area contributed by atoms with Crippen LogP contribution in [0.25, 0.3) is 0 Å². The number of hydrogen-bond acceptors (Lipinski definition) is 4. The maximum Gasteiger partial charge on any atom is 0.336 e. The van der Waals surface area contributed by atoms with Crippen molar-refractivity contribution in [2.24, 2.45) is 11.8 Å². The summed E-state index contributed by atoms with van der Waals surface area (Å²) in [4.78, 5) is 11.0. The summed E-state index contributed by atoms with van der Waals surface area (Å²) in [5.41, 5.74) is 0. The largest absolute Gasteiger partial charge is 0.500 e. The zero-order chi connectivity index (χ0) is 9.42. The Morgan fingerprint density at radius 3 is 3.08 bits per heavy atom. The summed E-state index contributed by atoms with van der Waals surface area (Å²) in [5, 5.41) is 0. The summed E-state index contributed by atoms with van der Waals surface area (Å²) < 4.78 is 15.4. The fraction of sp³-hybridized carbons (Fsp3) is 0.667. The van der Waals surface area contributed by atoms with Crippen LogP contribution >= 0.6 is 0 Å². The highest BCUT2D eigenvalue weighted by Crippen LogP contribution is 2.36. The highest BCUT2D eigenvalue weighted by Gasteiger charge is 2.43. The number of rotatable bonds is 1. The van der Waals surface area contributed by atoms with Gasteiger partial charge in [-0.1, -0.05) is 6.92 Å². The molecule has 4 nitrogen and oxygen atoms in total. The standard InChI is InChI=1S/C9H12O4/c1-5-4-12-9-8(5)6(11-2)3-7(10)13-9/h3,5,8-9H,4H2,1-2H3/t5-,8-,9+/m1/s1. The Morgan fingerprint density at radius 1 is 1.62 bits per heavy atom. The van der Waals surface area contributed by atoms with E-state index in [9.17, 15) is 4.79 Å². The lowest BCUT2D eigenvalue weighted by Gasteiger charge is -2.25. The van der Waals surface area contributed by atoms with Gasteiger partial charge < -0.3 is 14.2 Å². The molecule has 13 heavy (non-hydrogen) atoms. The Balaban J connectivity index is 2.27. The fourth-order valence-electron chi connectivity index (χ4n) is 1.80. The Labute approximate surface area is 76.5 Å². The third-order valence-corrected chi connectivity index (χ3v) is 2.49. The molecule has 2 heterocycles. The Kier molecular flexibility index (Phi) is 2.00. The van der Waals surface area contributed by atoms with E-state index in [1.165, 1.54) is 6.08 Å². The second-order valence-corrected chi connectivity index (χ2v) is 3.39. The van der Waals surface area contributed by atoms with Gasteiger partial charge in [0.05, 0.1) is 25.7 Å². The molecule has 4 heteroatoms. The molecule has 0 amide bonds. The van der Waals surface area contributed by atoms with Crippen LogP contribution in [0.3, 0.4) is 0 Å². The first kappa shape index (κ1) is 8.56. The number of hydrogen-bond donors (Lipinski definition) is 0. The van der Waals surface area contributed by atoms with E-state index in [1.54, 1.807) is 7.11 Å². The first-order valence-corrected chi connectivity index (χ1v) is 4.30. The molecule has 2 rings (SSSR count). The molecule has 0 saturated carbocycles. The molecule has 1 saturated heterocycles. The second-order valence-electron chi connectivity index (χ2n) is 3.39. The minimum Gasteiger partial charge on any atom is -0.500 e. The van der Waals surface area contributed by atoms with Crippen molar-refractivity contribution in [1.29, 1.82) is 0 Å². The third kappa shape index (κ3) is 1.31. The molecular formula is C9H12O4. The number of ether oxygens (including phenoxy) is 3. The van der Waals surface area contributed by atoms with Crippen molar-refractivity contribution < 1.29 is 19.0 Å². The molecule has 0 aromatic carbocycles. The van der Waals surface area contributed by atoms with Crippen LogP contribution in [0.15, 0.2) is 11.8 Å². The van der Waals surface area contributed by atoms with Gasteiger partial charge in [0.2, 0.25) is 6.29 Å². The van der Waals surface area contributed by atoms with Crippen LogP contribution in [-0.2, 0) is 19.0 Å². The van der Waals surface area contributed by atoms with Gasteiger partial charge >= 0.3 is 5.97 Å². The molecule has 0 spiro atoms.